The second-order valence-electron chi connectivity index (χ2n) is 9.42. The molecule has 2 aliphatic heterocycles. The Morgan fingerprint density at radius 1 is 1.22 bits per heavy atom. The standard InChI is InChI=1S/C25H28F2N6O4/c26-17-8-14(9-18(27)22(17)37-12-25(35)3-6-36-7-4-25)19-10-16(23(28)34)20-21(33-19)24(31-13-30-20)32-15-2-1-5-29-11-15/h8-10,13,15,29,35H,1-7,11-12H2,(H2,28,34)(H,30,31,32)/t15-/m0/s1. The number of piperidine rings is 1. The normalized spacial score (nSPS) is 19.5. The molecule has 0 unspecified atom stereocenters. The molecule has 0 radical (unpaired) electrons. The van der Waals surface area contributed by atoms with Gasteiger partial charge in [-0.3, -0.25) is 4.79 Å². The van der Waals surface area contributed by atoms with Crippen molar-refractivity contribution in [3.05, 3.63) is 41.7 Å². The maximum atomic E-state index is 15.0. The summed E-state index contributed by atoms with van der Waals surface area (Å²) < 4.78 is 40.6. The van der Waals surface area contributed by atoms with Gasteiger partial charge in [0.2, 0.25) is 0 Å². The number of carbonyl (C=O) groups excluding carboxylic acids is 1. The summed E-state index contributed by atoms with van der Waals surface area (Å²) in [5, 5.41) is 17.2. The molecule has 1 amide bonds. The molecule has 196 valence electrons. The SMILES string of the molecule is NC(=O)c1cc(-c2cc(F)c(OCC3(O)CCOCC3)c(F)c2)nc2c(N[C@H]3CCCNC3)ncnc12. The Morgan fingerprint density at radius 3 is 2.65 bits per heavy atom. The highest BCUT2D eigenvalue weighted by atomic mass is 19.1. The lowest BCUT2D eigenvalue weighted by molar-refractivity contribution is -0.0864. The number of anilines is 1. The summed E-state index contributed by atoms with van der Waals surface area (Å²) in [6.07, 6.45) is 3.83. The van der Waals surface area contributed by atoms with Crippen LogP contribution in [0.1, 0.15) is 36.0 Å². The molecule has 1 atom stereocenters. The highest BCUT2D eigenvalue weighted by Crippen LogP contribution is 2.32. The van der Waals surface area contributed by atoms with Gasteiger partial charge in [-0.05, 0) is 37.6 Å². The molecular formula is C25H28F2N6O4. The summed E-state index contributed by atoms with van der Waals surface area (Å²) in [6, 6.07) is 3.57. The Kier molecular flexibility index (Phi) is 7.13. The number of nitrogens with zero attached hydrogens (tertiary/aromatic N) is 3. The van der Waals surface area contributed by atoms with E-state index < -0.39 is 28.9 Å². The number of ether oxygens (including phenoxy) is 2. The number of hydrogen-bond donors (Lipinski definition) is 4. The molecule has 5 rings (SSSR count). The summed E-state index contributed by atoms with van der Waals surface area (Å²) in [5.41, 5.74) is 5.14. The van der Waals surface area contributed by atoms with E-state index in [0.717, 1.165) is 38.1 Å². The van der Waals surface area contributed by atoms with E-state index in [0.29, 0.717) is 31.9 Å². The van der Waals surface area contributed by atoms with E-state index in [2.05, 4.69) is 25.6 Å². The summed E-state index contributed by atoms with van der Waals surface area (Å²) in [4.78, 5) is 25.3. The maximum absolute atomic E-state index is 15.0. The van der Waals surface area contributed by atoms with Crippen LogP contribution in [0.4, 0.5) is 14.6 Å². The number of benzene rings is 1. The van der Waals surface area contributed by atoms with Gasteiger partial charge in [-0.15, -0.1) is 0 Å². The summed E-state index contributed by atoms with van der Waals surface area (Å²) in [7, 11) is 0. The van der Waals surface area contributed by atoms with Crippen molar-refractivity contribution in [1.29, 1.82) is 0 Å². The van der Waals surface area contributed by atoms with Gasteiger partial charge in [-0.25, -0.2) is 23.7 Å². The Bertz CT molecular complexity index is 1290. The van der Waals surface area contributed by atoms with Crippen molar-refractivity contribution in [3.63, 3.8) is 0 Å². The third-order valence-electron chi connectivity index (χ3n) is 6.70. The van der Waals surface area contributed by atoms with E-state index in [-0.39, 0.29) is 40.5 Å². The molecule has 1 aromatic carbocycles. The van der Waals surface area contributed by atoms with E-state index in [1.165, 1.54) is 12.4 Å². The Balaban J connectivity index is 1.49. The van der Waals surface area contributed by atoms with Crippen LogP contribution in [0.3, 0.4) is 0 Å². The fourth-order valence-corrected chi connectivity index (χ4v) is 4.60. The van der Waals surface area contributed by atoms with Crippen LogP contribution in [0.15, 0.2) is 24.5 Å². The minimum absolute atomic E-state index is 0.0510. The number of amides is 1. The van der Waals surface area contributed by atoms with Crippen molar-refractivity contribution >= 4 is 22.8 Å². The first-order valence-electron chi connectivity index (χ1n) is 12.2. The number of rotatable bonds is 7. The molecule has 5 N–H and O–H groups in total. The van der Waals surface area contributed by atoms with E-state index in [1.807, 2.05) is 0 Å². The van der Waals surface area contributed by atoms with Gasteiger partial charge in [0.05, 0.1) is 11.3 Å². The van der Waals surface area contributed by atoms with Crippen LogP contribution in [-0.4, -0.2) is 70.5 Å². The maximum Gasteiger partial charge on any atom is 0.251 e. The molecule has 2 fully saturated rings. The summed E-state index contributed by atoms with van der Waals surface area (Å²) in [6.45, 7) is 2.08. The van der Waals surface area contributed by atoms with Gasteiger partial charge in [-0.2, -0.15) is 0 Å². The van der Waals surface area contributed by atoms with Gasteiger partial charge < -0.3 is 30.9 Å². The van der Waals surface area contributed by atoms with Crippen molar-refractivity contribution in [1.82, 2.24) is 20.3 Å². The first-order chi connectivity index (χ1) is 17.8. The second-order valence-corrected chi connectivity index (χ2v) is 9.42. The zero-order chi connectivity index (χ0) is 26.0. The summed E-state index contributed by atoms with van der Waals surface area (Å²) >= 11 is 0. The average Bonchev–Trinajstić information content (AvgIpc) is 2.88. The van der Waals surface area contributed by atoms with Gasteiger partial charge in [0.25, 0.3) is 5.91 Å². The van der Waals surface area contributed by atoms with Crippen LogP contribution in [0.25, 0.3) is 22.3 Å². The fourth-order valence-electron chi connectivity index (χ4n) is 4.60. The molecule has 0 saturated carbocycles. The van der Waals surface area contributed by atoms with Gasteiger partial charge in [0.15, 0.2) is 23.2 Å². The van der Waals surface area contributed by atoms with Crippen LogP contribution < -0.4 is 21.1 Å². The third-order valence-corrected chi connectivity index (χ3v) is 6.70. The van der Waals surface area contributed by atoms with Crippen LogP contribution in [0.5, 0.6) is 5.75 Å². The van der Waals surface area contributed by atoms with Crippen molar-refractivity contribution in [2.24, 2.45) is 5.73 Å². The van der Waals surface area contributed by atoms with Crippen molar-refractivity contribution in [2.75, 3.05) is 38.2 Å². The number of hydrogen-bond acceptors (Lipinski definition) is 9. The van der Waals surface area contributed by atoms with Crippen molar-refractivity contribution in [3.8, 4) is 17.0 Å². The average molecular weight is 515 g/mol. The lowest BCUT2D eigenvalue weighted by Crippen LogP contribution is -2.41. The van der Waals surface area contributed by atoms with E-state index in [1.54, 1.807) is 0 Å². The van der Waals surface area contributed by atoms with Gasteiger partial charge >= 0.3 is 0 Å². The summed E-state index contributed by atoms with van der Waals surface area (Å²) in [5.74, 6) is -2.90. The zero-order valence-corrected chi connectivity index (χ0v) is 20.1. The monoisotopic (exact) mass is 514 g/mol. The molecular weight excluding hydrogens is 486 g/mol. The number of nitrogens with one attached hydrogen (secondary N) is 2. The van der Waals surface area contributed by atoms with E-state index in [4.69, 9.17) is 15.2 Å². The van der Waals surface area contributed by atoms with Crippen molar-refractivity contribution < 1.29 is 28.2 Å². The number of aromatic nitrogens is 3. The number of primary amides is 1. The van der Waals surface area contributed by atoms with E-state index in [9.17, 15) is 9.90 Å². The Labute approximate surface area is 211 Å². The lowest BCUT2D eigenvalue weighted by Gasteiger charge is -2.31. The van der Waals surface area contributed by atoms with Crippen LogP contribution in [0, 0.1) is 11.6 Å². The van der Waals surface area contributed by atoms with Crippen LogP contribution in [0.2, 0.25) is 0 Å². The molecule has 10 nitrogen and oxygen atoms in total. The largest absolute Gasteiger partial charge is 0.485 e. The second kappa shape index (κ2) is 10.5. The predicted octanol–water partition coefficient (Wildman–Crippen LogP) is 2.15. The topological polar surface area (TPSA) is 145 Å². The molecule has 0 bridgehead atoms. The highest BCUT2D eigenvalue weighted by Gasteiger charge is 2.31. The molecule has 12 heteroatoms. The Hall–Kier alpha value is -3.48. The van der Waals surface area contributed by atoms with Gasteiger partial charge in [0.1, 0.15) is 29.6 Å². The molecule has 0 spiro atoms. The fraction of sp³-hybridized carbons (Fsp3) is 0.440. The quantitative estimate of drug-likeness (QED) is 0.373. The molecule has 0 aliphatic carbocycles. The van der Waals surface area contributed by atoms with Crippen molar-refractivity contribution in [2.45, 2.75) is 37.3 Å². The molecule has 2 aromatic heterocycles. The predicted molar refractivity (Wildman–Crippen MR) is 131 cm³/mol. The smallest absolute Gasteiger partial charge is 0.251 e. The van der Waals surface area contributed by atoms with E-state index >= 15 is 8.78 Å². The Morgan fingerprint density at radius 2 is 1.97 bits per heavy atom. The van der Waals surface area contributed by atoms with Crippen LogP contribution >= 0.6 is 0 Å². The van der Waals surface area contributed by atoms with Crippen LogP contribution in [-0.2, 0) is 4.74 Å². The lowest BCUT2D eigenvalue weighted by atomic mass is 9.96. The number of aliphatic hydroxyl groups is 1. The minimum atomic E-state index is -1.22. The van der Waals surface area contributed by atoms with Gasteiger partial charge in [-0.1, -0.05) is 0 Å². The number of carbonyl (C=O) groups is 1. The zero-order valence-electron chi connectivity index (χ0n) is 20.1. The molecule has 4 heterocycles. The molecule has 3 aromatic rings. The number of fused-ring (bicyclic) bond motifs is 1. The first kappa shape index (κ1) is 25.2. The van der Waals surface area contributed by atoms with Gasteiger partial charge in [0, 0.05) is 44.2 Å². The molecule has 2 aliphatic rings. The number of pyridine rings is 1. The first-order valence-corrected chi connectivity index (χ1v) is 12.2. The number of nitrogens with two attached hydrogens (primary N) is 1. The highest BCUT2D eigenvalue weighted by molar-refractivity contribution is 6.06. The molecule has 2 saturated heterocycles. The minimum Gasteiger partial charge on any atom is -0.485 e. The third kappa shape index (κ3) is 5.45. The molecule has 37 heavy (non-hydrogen) atoms. The number of halogens is 2.